The van der Waals surface area contributed by atoms with Crippen LogP contribution in [0.5, 0.6) is 0 Å². The summed E-state index contributed by atoms with van der Waals surface area (Å²) in [5.74, 6) is 0.497. The van der Waals surface area contributed by atoms with Crippen molar-refractivity contribution in [2.45, 2.75) is 20.4 Å². The van der Waals surface area contributed by atoms with Crippen LogP contribution in [0.3, 0.4) is 0 Å². The smallest absolute Gasteiger partial charge is 0.206 e. The van der Waals surface area contributed by atoms with Gasteiger partial charge in [-0.1, -0.05) is 0 Å². The minimum Gasteiger partial charge on any atom is -0.395 e. The van der Waals surface area contributed by atoms with Crippen LogP contribution in [0.1, 0.15) is 13.8 Å². The van der Waals surface area contributed by atoms with Crippen molar-refractivity contribution >= 4 is 17.0 Å². The van der Waals surface area contributed by atoms with Crippen LogP contribution in [0.2, 0.25) is 0 Å². The Hall–Kier alpha value is -1.62. The summed E-state index contributed by atoms with van der Waals surface area (Å²) in [6.07, 6.45) is 0. The second kappa shape index (κ2) is 5.35. The molecule has 18 heavy (non-hydrogen) atoms. The van der Waals surface area contributed by atoms with Crippen LogP contribution in [-0.2, 0) is 6.54 Å². The lowest BCUT2D eigenvalue weighted by Gasteiger charge is -2.20. The number of nitrogens with zero attached hydrogens (tertiary/aromatic N) is 3. The lowest BCUT2D eigenvalue weighted by Crippen LogP contribution is -2.26. The Kier molecular flexibility index (Phi) is 3.81. The highest BCUT2D eigenvalue weighted by atomic mass is 19.1. The molecule has 0 unspecified atom stereocenters. The van der Waals surface area contributed by atoms with Gasteiger partial charge >= 0.3 is 0 Å². The number of rotatable bonds is 5. The van der Waals surface area contributed by atoms with Crippen molar-refractivity contribution in [1.82, 2.24) is 9.55 Å². The van der Waals surface area contributed by atoms with Gasteiger partial charge in [0.2, 0.25) is 5.95 Å². The van der Waals surface area contributed by atoms with E-state index in [1.165, 1.54) is 12.1 Å². The van der Waals surface area contributed by atoms with E-state index in [0.29, 0.717) is 12.1 Å². The van der Waals surface area contributed by atoms with Gasteiger partial charge in [-0.05, 0) is 26.0 Å². The molecule has 0 bridgehead atoms. The Bertz CT molecular complexity index is 534. The lowest BCUT2D eigenvalue weighted by molar-refractivity contribution is 0.278. The molecule has 0 saturated carbocycles. The number of anilines is 1. The molecule has 0 aliphatic heterocycles. The van der Waals surface area contributed by atoms with E-state index in [4.69, 9.17) is 5.11 Å². The number of benzene rings is 1. The lowest BCUT2D eigenvalue weighted by atomic mass is 10.3. The highest BCUT2D eigenvalue weighted by Gasteiger charge is 2.14. The van der Waals surface area contributed by atoms with Crippen molar-refractivity contribution in [3.63, 3.8) is 0 Å². The topological polar surface area (TPSA) is 41.3 Å². The van der Waals surface area contributed by atoms with Gasteiger partial charge in [-0.25, -0.2) is 9.37 Å². The maximum Gasteiger partial charge on any atom is 0.206 e. The molecule has 98 valence electrons. The number of aliphatic hydroxyl groups is 1. The highest BCUT2D eigenvalue weighted by molar-refractivity contribution is 5.79. The number of aliphatic hydroxyl groups excluding tert-OH is 1. The van der Waals surface area contributed by atoms with Gasteiger partial charge in [-0.3, -0.25) is 0 Å². The maximum absolute atomic E-state index is 13.2. The number of imidazole rings is 1. The van der Waals surface area contributed by atoms with Crippen LogP contribution < -0.4 is 4.90 Å². The van der Waals surface area contributed by atoms with E-state index in [-0.39, 0.29) is 12.4 Å². The second-order valence-electron chi connectivity index (χ2n) is 4.09. The summed E-state index contributed by atoms with van der Waals surface area (Å²) in [4.78, 5) is 6.56. The molecule has 0 aliphatic carbocycles. The van der Waals surface area contributed by atoms with Crippen LogP contribution in [0.15, 0.2) is 18.2 Å². The fourth-order valence-corrected chi connectivity index (χ4v) is 2.16. The van der Waals surface area contributed by atoms with Crippen molar-refractivity contribution in [2.24, 2.45) is 0 Å². The first-order valence-corrected chi connectivity index (χ1v) is 6.22. The molecule has 2 aromatic rings. The molecule has 0 aliphatic rings. The Labute approximate surface area is 106 Å². The molecule has 4 nitrogen and oxygen atoms in total. The SMILES string of the molecule is CCN(CC)c1nc2cc(F)ccc2n1CCO. The molecule has 2 rings (SSSR count). The average molecular weight is 251 g/mol. The fourth-order valence-electron chi connectivity index (χ4n) is 2.16. The van der Waals surface area contributed by atoms with Crippen LogP contribution in [-0.4, -0.2) is 34.4 Å². The molecular formula is C13H18FN3O. The van der Waals surface area contributed by atoms with Crippen LogP contribution in [0.25, 0.3) is 11.0 Å². The maximum atomic E-state index is 13.2. The Morgan fingerprint density at radius 1 is 1.33 bits per heavy atom. The normalized spacial score (nSPS) is 11.1. The Morgan fingerprint density at radius 2 is 2.06 bits per heavy atom. The zero-order chi connectivity index (χ0) is 13.1. The molecule has 1 heterocycles. The molecular weight excluding hydrogens is 233 g/mol. The van der Waals surface area contributed by atoms with Crippen molar-refractivity contribution < 1.29 is 9.50 Å². The van der Waals surface area contributed by atoms with Crippen molar-refractivity contribution in [1.29, 1.82) is 0 Å². The third-order valence-corrected chi connectivity index (χ3v) is 3.06. The summed E-state index contributed by atoms with van der Waals surface area (Å²) in [6, 6.07) is 4.56. The van der Waals surface area contributed by atoms with Gasteiger partial charge in [-0.2, -0.15) is 0 Å². The number of halogens is 1. The van der Waals surface area contributed by atoms with Gasteiger partial charge in [0.1, 0.15) is 5.82 Å². The molecule has 0 fully saturated rings. The van der Waals surface area contributed by atoms with Gasteiger partial charge in [0.15, 0.2) is 0 Å². The first kappa shape index (κ1) is 12.8. The first-order valence-electron chi connectivity index (χ1n) is 6.22. The Balaban J connectivity index is 2.59. The van der Waals surface area contributed by atoms with Crippen molar-refractivity contribution in [2.75, 3.05) is 24.6 Å². The minimum absolute atomic E-state index is 0.0388. The third kappa shape index (κ3) is 2.18. The van der Waals surface area contributed by atoms with Gasteiger partial charge in [0.05, 0.1) is 17.6 Å². The van der Waals surface area contributed by atoms with Crippen molar-refractivity contribution in [3.8, 4) is 0 Å². The first-order chi connectivity index (χ1) is 8.71. The summed E-state index contributed by atoms with van der Waals surface area (Å²) in [6.45, 7) is 6.26. The summed E-state index contributed by atoms with van der Waals surface area (Å²) in [5.41, 5.74) is 1.48. The zero-order valence-electron chi connectivity index (χ0n) is 10.7. The van der Waals surface area contributed by atoms with E-state index >= 15 is 0 Å². The standard InChI is InChI=1S/C13H18FN3O/c1-3-16(4-2)13-15-11-9-10(14)5-6-12(11)17(13)7-8-18/h5-6,9,18H,3-4,7-8H2,1-2H3. The predicted octanol–water partition coefficient (Wildman–Crippen LogP) is 2.01. The summed E-state index contributed by atoms with van der Waals surface area (Å²) < 4.78 is 15.1. The number of hydrogen-bond donors (Lipinski definition) is 1. The number of hydrogen-bond acceptors (Lipinski definition) is 3. The zero-order valence-corrected chi connectivity index (χ0v) is 10.7. The fraction of sp³-hybridized carbons (Fsp3) is 0.462. The molecule has 1 N–H and O–H groups in total. The molecule has 0 atom stereocenters. The van der Waals surface area contributed by atoms with Gasteiger partial charge in [-0.15, -0.1) is 0 Å². The van der Waals surface area contributed by atoms with Crippen LogP contribution in [0.4, 0.5) is 10.3 Å². The summed E-state index contributed by atoms with van der Waals surface area (Å²) in [5, 5.41) is 9.16. The van der Waals surface area contributed by atoms with E-state index in [2.05, 4.69) is 9.88 Å². The number of aromatic nitrogens is 2. The average Bonchev–Trinajstić information content (AvgIpc) is 2.70. The molecule has 5 heteroatoms. The Morgan fingerprint density at radius 3 is 2.67 bits per heavy atom. The van der Waals surface area contributed by atoms with Crippen LogP contribution in [0, 0.1) is 5.82 Å². The largest absolute Gasteiger partial charge is 0.395 e. The predicted molar refractivity (Wildman–Crippen MR) is 70.3 cm³/mol. The summed E-state index contributed by atoms with van der Waals surface area (Å²) in [7, 11) is 0. The highest BCUT2D eigenvalue weighted by Crippen LogP contribution is 2.23. The van der Waals surface area contributed by atoms with E-state index in [0.717, 1.165) is 24.6 Å². The second-order valence-corrected chi connectivity index (χ2v) is 4.09. The molecule has 1 aromatic heterocycles. The number of fused-ring (bicyclic) bond motifs is 1. The molecule has 1 aromatic carbocycles. The van der Waals surface area contributed by atoms with E-state index in [1.807, 2.05) is 18.4 Å². The van der Waals surface area contributed by atoms with Gasteiger partial charge in [0.25, 0.3) is 0 Å². The minimum atomic E-state index is -0.290. The molecule has 0 radical (unpaired) electrons. The van der Waals surface area contributed by atoms with E-state index in [1.54, 1.807) is 6.07 Å². The van der Waals surface area contributed by atoms with Gasteiger partial charge in [0, 0.05) is 25.7 Å². The van der Waals surface area contributed by atoms with Gasteiger partial charge < -0.3 is 14.6 Å². The quantitative estimate of drug-likeness (QED) is 0.884. The summed E-state index contributed by atoms with van der Waals surface area (Å²) >= 11 is 0. The van der Waals surface area contributed by atoms with Crippen LogP contribution >= 0.6 is 0 Å². The monoisotopic (exact) mass is 251 g/mol. The third-order valence-electron chi connectivity index (χ3n) is 3.06. The molecule has 0 amide bonds. The molecule has 0 spiro atoms. The van der Waals surface area contributed by atoms with Crippen molar-refractivity contribution in [3.05, 3.63) is 24.0 Å². The van der Waals surface area contributed by atoms with E-state index < -0.39 is 0 Å². The van der Waals surface area contributed by atoms with E-state index in [9.17, 15) is 4.39 Å². The molecule has 0 saturated heterocycles.